The van der Waals surface area contributed by atoms with Crippen LogP contribution in [0.4, 0.5) is 0 Å². The maximum atomic E-state index is 8.81. The van der Waals surface area contributed by atoms with E-state index in [1.165, 1.54) is 0 Å². The van der Waals surface area contributed by atoms with Crippen molar-refractivity contribution in [2.75, 3.05) is 6.79 Å². The van der Waals surface area contributed by atoms with Crippen LogP contribution in [-0.2, 0) is 0 Å². The van der Waals surface area contributed by atoms with Gasteiger partial charge in [0.2, 0.25) is 6.79 Å². The van der Waals surface area contributed by atoms with Gasteiger partial charge in [-0.1, -0.05) is 42.5 Å². The lowest BCUT2D eigenvalue weighted by molar-refractivity contribution is 0.174. The summed E-state index contributed by atoms with van der Waals surface area (Å²) in [6, 6.07) is 23.3. The Bertz CT molecular complexity index is 1190. The van der Waals surface area contributed by atoms with Gasteiger partial charge in [0.25, 0.3) is 0 Å². The minimum Gasteiger partial charge on any atom is -0.454 e. The number of fused-ring (bicyclic) bond motifs is 2. The lowest BCUT2D eigenvalue weighted by Gasteiger charge is -2.15. The summed E-state index contributed by atoms with van der Waals surface area (Å²) in [5.41, 5.74) is 2.95. The second-order valence-corrected chi connectivity index (χ2v) is 6.04. The van der Waals surface area contributed by atoms with Crippen LogP contribution in [0, 0.1) is 5.41 Å². The molecule has 0 atom stereocenters. The van der Waals surface area contributed by atoms with Crippen molar-refractivity contribution in [2.45, 2.75) is 0 Å². The van der Waals surface area contributed by atoms with Crippen LogP contribution in [0.1, 0.15) is 0 Å². The maximum absolute atomic E-state index is 8.81. The largest absolute Gasteiger partial charge is 0.454 e. The summed E-state index contributed by atoms with van der Waals surface area (Å²) in [7, 11) is 0. The van der Waals surface area contributed by atoms with Gasteiger partial charge < -0.3 is 9.47 Å². The van der Waals surface area contributed by atoms with E-state index in [9.17, 15) is 0 Å². The molecule has 27 heavy (non-hydrogen) atoms. The molecule has 0 unspecified atom stereocenters. The Kier molecular flexibility index (Phi) is 4.30. The quantitative estimate of drug-likeness (QED) is 0.566. The molecule has 4 aromatic rings. The van der Waals surface area contributed by atoms with Crippen molar-refractivity contribution in [3.05, 3.63) is 78.3 Å². The molecule has 3 aromatic carbocycles. The fraction of sp³-hybridized carbons (Fsp3) is 0.0476. The van der Waals surface area contributed by atoms with Gasteiger partial charge in [-0.05, 0) is 24.3 Å². The fourth-order valence-electron chi connectivity index (χ4n) is 3.22. The van der Waals surface area contributed by atoms with Gasteiger partial charge in [-0.3, -0.25) is 9.98 Å². The number of nitrogens with one attached hydrogen (secondary N) is 1. The second kappa shape index (κ2) is 6.78. The lowest BCUT2D eigenvalue weighted by atomic mass is 10.1. The molecule has 1 aromatic heterocycles. The molecule has 0 spiro atoms. The highest BCUT2D eigenvalue weighted by molar-refractivity contribution is 5.85. The third kappa shape index (κ3) is 2.82. The molecule has 0 saturated carbocycles. The molecule has 0 radical (unpaired) electrons. The first-order valence-corrected chi connectivity index (χ1v) is 8.33. The minimum absolute atomic E-state index is 0. The van der Waals surface area contributed by atoms with Crippen LogP contribution in [0.2, 0.25) is 0 Å². The summed E-state index contributed by atoms with van der Waals surface area (Å²) in [4.78, 5) is 4.85. The number of aromatic nitrogens is 2. The van der Waals surface area contributed by atoms with Crippen molar-refractivity contribution < 1.29 is 9.47 Å². The molecule has 2 heterocycles. The highest BCUT2D eigenvalue weighted by Gasteiger charge is 2.17. The van der Waals surface area contributed by atoms with E-state index in [1.54, 1.807) is 0 Å². The molecular formula is C21H16ClN3O2. The Morgan fingerprint density at radius 1 is 0.852 bits per heavy atom. The predicted octanol–water partition coefficient (Wildman–Crippen LogP) is 4.32. The maximum Gasteiger partial charge on any atom is 0.231 e. The molecule has 6 heteroatoms. The van der Waals surface area contributed by atoms with Gasteiger partial charge in [0, 0.05) is 17.0 Å². The third-order valence-corrected chi connectivity index (χ3v) is 4.47. The van der Waals surface area contributed by atoms with Gasteiger partial charge in [0.1, 0.15) is 11.3 Å². The smallest absolute Gasteiger partial charge is 0.231 e. The topological polar surface area (TPSA) is 60.1 Å². The molecule has 1 aliphatic rings. The Morgan fingerprint density at radius 3 is 2.44 bits per heavy atom. The summed E-state index contributed by atoms with van der Waals surface area (Å²) in [5, 5.41) is 9.61. The zero-order chi connectivity index (χ0) is 17.5. The van der Waals surface area contributed by atoms with Crippen LogP contribution >= 0.6 is 12.4 Å². The normalized spacial score (nSPS) is 12.0. The molecule has 134 valence electrons. The van der Waals surface area contributed by atoms with Crippen molar-refractivity contribution >= 4 is 23.3 Å². The minimum atomic E-state index is 0. The molecule has 5 rings (SSSR count). The zero-order valence-electron chi connectivity index (χ0n) is 14.3. The van der Waals surface area contributed by atoms with Crippen LogP contribution < -0.4 is 15.0 Å². The molecule has 5 nitrogen and oxygen atoms in total. The van der Waals surface area contributed by atoms with Crippen LogP contribution in [0.25, 0.3) is 28.0 Å². The molecule has 1 aliphatic heterocycles. The van der Waals surface area contributed by atoms with Crippen molar-refractivity contribution in [3.8, 4) is 28.6 Å². The van der Waals surface area contributed by atoms with E-state index in [4.69, 9.17) is 19.9 Å². The average Bonchev–Trinajstić information content (AvgIpc) is 3.16. The van der Waals surface area contributed by atoms with Crippen LogP contribution in [0.5, 0.6) is 11.5 Å². The summed E-state index contributed by atoms with van der Waals surface area (Å²) in [6.45, 7) is 0.221. The number of nitrogens with zero attached hydrogens (tertiary/aromatic N) is 2. The third-order valence-electron chi connectivity index (χ3n) is 4.47. The van der Waals surface area contributed by atoms with E-state index in [-0.39, 0.29) is 19.2 Å². The van der Waals surface area contributed by atoms with E-state index >= 15 is 0 Å². The number of hydrogen-bond acceptors (Lipinski definition) is 4. The average molecular weight is 378 g/mol. The monoisotopic (exact) mass is 377 g/mol. The highest BCUT2D eigenvalue weighted by Crippen LogP contribution is 2.34. The van der Waals surface area contributed by atoms with E-state index in [0.717, 1.165) is 27.9 Å². The highest BCUT2D eigenvalue weighted by atomic mass is 35.5. The summed E-state index contributed by atoms with van der Waals surface area (Å²) in [6.07, 6.45) is 0. The predicted molar refractivity (Wildman–Crippen MR) is 106 cm³/mol. The van der Waals surface area contributed by atoms with Gasteiger partial charge in [-0.25, -0.2) is 4.98 Å². The fourth-order valence-corrected chi connectivity index (χ4v) is 3.22. The van der Waals surface area contributed by atoms with Crippen LogP contribution in [0.3, 0.4) is 0 Å². The van der Waals surface area contributed by atoms with E-state index in [0.29, 0.717) is 17.1 Å². The number of ether oxygens (including phenoxy) is 2. The van der Waals surface area contributed by atoms with Crippen molar-refractivity contribution in [1.82, 2.24) is 9.55 Å². The molecule has 0 amide bonds. The molecule has 0 bridgehead atoms. The van der Waals surface area contributed by atoms with E-state index in [2.05, 4.69) is 0 Å². The second-order valence-electron chi connectivity index (χ2n) is 6.04. The molecule has 1 N–H and O–H groups in total. The van der Waals surface area contributed by atoms with Crippen LogP contribution in [-0.4, -0.2) is 16.3 Å². The summed E-state index contributed by atoms with van der Waals surface area (Å²) < 4.78 is 12.8. The number of para-hydroxylation sites is 1. The lowest BCUT2D eigenvalue weighted by Crippen LogP contribution is -2.22. The van der Waals surface area contributed by atoms with Crippen molar-refractivity contribution in [2.24, 2.45) is 0 Å². The standard InChI is InChI=1S/C21H15N3O2.ClH/c22-20-16-8-4-5-9-17(16)23-21(14-6-2-1-3-7-14)24(20)15-10-11-18-19(12-15)26-13-25-18;/h1-12,22H,13H2;1H. The Labute approximate surface area is 161 Å². The number of halogens is 1. The SMILES string of the molecule is Cl.N=c1c2ccccc2nc(-c2ccccc2)n1-c1ccc2c(c1)OCO2. The number of rotatable bonds is 2. The van der Waals surface area contributed by atoms with Gasteiger partial charge in [-0.2, -0.15) is 0 Å². The Hall–Kier alpha value is -3.31. The van der Waals surface area contributed by atoms with Crippen molar-refractivity contribution in [3.63, 3.8) is 0 Å². The van der Waals surface area contributed by atoms with E-state index in [1.807, 2.05) is 77.4 Å². The van der Waals surface area contributed by atoms with Gasteiger partial charge in [-0.15, -0.1) is 12.4 Å². The Balaban J connectivity index is 0.00000180. The first-order chi connectivity index (χ1) is 12.8. The molecule has 0 aliphatic carbocycles. The first-order valence-electron chi connectivity index (χ1n) is 8.33. The number of hydrogen-bond donors (Lipinski definition) is 1. The zero-order valence-corrected chi connectivity index (χ0v) is 15.1. The van der Waals surface area contributed by atoms with Gasteiger partial charge in [0.15, 0.2) is 11.5 Å². The summed E-state index contributed by atoms with van der Waals surface area (Å²) >= 11 is 0. The van der Waals surface area contributed by atoms with Gasteiger partial charge in [0.05, 0.1) is 11.2 Å². The van der Waals surface area contributed by atoms with Crippen LogP contribution in [0.15, 0.2) is 72.8 Å². The van der Waals surface area contributed by atoms with Crippen molar-refractivity contribution in [1.29, 1.82) is 5.41 Å². The number of benzene rings is 3. The van der Waals surface area contributed by atoms with Gasteiger partial charge >= 0.3 is 0 Å². The Morgan fingerprint density at radius 2 is 1.59 bits per heavy atom. The summed E-state index contributed by atoms with van der Waals surface area (Å²) in [5.74, 6) is 2.12. The van der Waals surface area contributed by atoms with E-state index < -0.39 is 0 Å². The first kappa shape index (κ1) is 17.1. The molecule has 0 fully saturated rings. The molecular weight excluding hydrogens is 362 g/mol. The molecule has 0 saturated heterocycles.